The van der Waals surface area contributed by atoms with Crippen LogP contribution < -0.4 is 20.7 Å². The van der Waals surface area contributed by atoms with Gasteiger partial charge in [-0.2, -0.15) is 13.2 Å². The Morgan fingerprint density at radius 2 is 1.57 bits per heavy atom. The van der Waals surface area contributed by atoms with Gasteiger partial charge >= 0.3 is 18.3 Å². The smallest absolute Gasteiger partial charge is 0.416 e. The molecule has 180 valence electrons. The Morgan fingerprint density at radius 1 is 0.886 bits per heavy atom. The maximum atomic E-state index is 12.9. The molecule has 4 N–H and O–H groups in total. The number of urea groups is 1. The number of anilines is 3. The number of rotatable bonds is 5. The highest BCUT2D eigenvalue weighted by atomic mass is 19.4. The van der Waals surface area contributed by atoms with Crippen molar-refractivity contribution in [3.05, 3.63) is 72.3 Å². The van der Waals surface area contributed by atoms with Gasteiger partial charge in [0.1, 0.15) is 11.5 Å². The second kappa shape index (κ2) is 9.63. The van der Waals surface area contributed by atoms with Crippen LogP contribution in [0.5, 0.6) is 11.5 Å². The third kappa shape index (κ3) is 5.99. The molecule has 0 aliphatic heterocycles. The van der Waals surface area contributed by atoms with Gasteiger partial charge in [0.2, 0.25) is 5.95 Å². The number of fused-ring (bicyclic) bond motifs is 1. The first-order chi connectivity index (χ1) is 16.7. The fourth-order valence-electron chi connectivity index (χ4n) is 3.10. The van der Waals surface area contributed by atoms with Crippen molar-refractivity contribution in [1.82, 2.24) is 9.97 Å². The molecule has 0 saturated carbocycles. The summed E-state index contributed by atoms with van der Waals surface area (Å²) in [6.07, 6.45) is -5.18. The van der Waals surface area contributed by atoms with Crippen molar-refractivity contribution in [1.29, 1.82) is 0 Å². The monoisotopic (exact) mass is 485 g/mol. The Kier molecular flexibility index (Phi) is 6.44. The summed E-state index contributed by atoms with van der Waals surface area (Å²) in [4.78, 5) is 30.8. The third-order valence-corrected chi connectivity index (χ3v) is 4.64. The maximum Gasteiger partial charge on any atom is 0.416 e. The van der Waals surface area contributed by atoms with Gasteiger partial charge in [-0.1, -0.05) is 12.1 Å². The summed E-state index contributed by atoms with van der Waals surface area (Å²) in [6, 6.07) is 15.1. The number of nitrogens with zero attached hydrogens (tertiary/aromatic N) is 1. The largest absolute Gasteiger partial charge is 0.457 e. The average molecular weight is 485 g/mol. The van der Waals surface area contributed by atoms with E-state index in [9.17, 15) is 22.8 Å². The zero-order valence-corrected chi connectivity index (χ0v) is 18.1. The Labute approximate surface area is 196 Å². The standard InChI is InChI=1S/C23H18F3N5O4/c1-34-22(33)31-20-29-18-9-8-17(12-19(18)30-20)35-16-7-3-6-15(11-16)28-21(32)27-14-5-2-4-13(10-14)23(24,25)26/h2-12H,1H3,(H2,27,28,32)(H2,29,30,31,33). The van der Waals surface area contributed by atoms with E-state index in [1.54, 1.807) is 42.5 Å². The van der Waals surface area contributed by atoms with Gasteiger partial charge in [0.15, 0.2) is 0 Å². The number of aromatic amines is 1. The van der Waals surface area contributed by atoms with Crippen LogP contribution in [0.25, 0.3) is 11.0 Å². The van der Waals surface area contributed by atoms with Crippen molar-refractivity contribution in [3.63, 3.8) is 0 Å². The number of hydrogen-bond acceptors (Lipinski definition) is 5. The van der Waals surface area contributed by atoms with E-state index in [1.165, 1.54) is 19.2 Å². The van der Waals surface area contributed by atoms with Gasteiger partial charge in [-0.25, -0.2) is 14.6 Å². The van der Waals surface area contributed by atoms with Gasteiger partial charge in [-0.05, 0) is 42.5 Å². The quantitative estimate of drug-likeness (QED) is 0.269. The highest BCUT2D eigenvalue weighted by Gasteiger charge is 2.30. The SMILES string of the molecule is COC(=O)Nc1nc2cc(Oc3cccc(NC(=O)Nc4cccc(C(F)(F)F)c4)c3)ccc2[nH]1. The minimum atomic E-state index is -4.52. The number of imidazole rings is 1. The molecule has 35 heavy (non-hydrogen) atoms. The summed E-state index contributed by atoms with van der Waals surface area (Å²) in [6.45, 7) is 0. The van der Waals surface area contributed by atoms with E-state index < -0.39 is 23.9 Å². The van der Waals surface area contributed by atoms with Gasteiger partial charge < -0.3 is 25.1 Å². The number of nitrogens with one attached hydrogen (secondary N) is 4. The van der Waals surface area contributed by atoms with Gasteiger partial charge in [-0.3, -0.25) is 5.32 Å². The number of H-pyrrole nitrogens is 1. The molecule has 0 spiro atoms. The van der Waals surface area contributed by atoms with Crippen LogP contribution in [-0.2, 0) is 10.9 Å². The molecule has 0 aliphatic carbocycles. The number of carbonyl (C=O) groups is 2. The molecule has 0 aliphatic rings. The molecule has 0 unspecified atom stereocenters. The normalized spacial score (nSPS) is 11.1. The minimum Gasteiger partial charge on any atom is -0.457 e. The van der Waals surface area contributed by atoms with Gasteiger partial charge in [0.25, 0.3) is 0 Å². The number of carbonyl (C=O) groups excluding carboxylic acids is 2. The Bertz CT molecular complexity index is 1390. The molecule has 0 radical (unpaired) electrons. The lowest BCUT2D eigenvalue weighted by Gasteiger charge is -2.12. The van der Waals surface area contributed by atoms with Gasteiger partial charge in [0, 0.05) is 23.5 Å². The lowest BCUT2D eigenvalue weighted by molar-refractivity contribution is -0.137. The first kappa shape index (κ1) is 23.4. The van der Waals surface area contributed by atoms with Crippen LogP contribution >= 0.6 is 0 Å². The van der Waals surface area contributed by atoms with Crippen LogP contribution in [0, 0.1) is 0 Å². The van der Waals surface area contributed by atoms with Crippen LogP contribution in [0.2, 0.25) is 0 Å². The van der Waals surface area contributed by atoms with E-state index in [0.29, 0.717) is 28.2 Å². The predicted molar refractivity (Wildman–Crippen MR) is 123 cm³/mol. The number of ether oxygens (including phenoxy) is 2. The Balaban J connectivity index is 1.42. The molecule has 0 atom stereocenters. The molecule has 0 fully saturated rings. The summed E-state index contributed by atoms with van der Waals surface area (Å²) in [5.74, 6) is 1.05. The zero-order valence-electron chi connectivity index (χ0n) is 18.1. The van der Waals surface area contributed by atoms with E-state index >= 15 is 0 Å². The maximum absolute atomic E-state index is 12.9. The van der Waals surface area contributed by atoms with Crippen LogP contribution in [0.1, 0.15) is 5.56 Å². The van der Waals surface area contributed by atoms with Crippen molar-refractivity contribution < 1.29 is 32.2 Å². The molecule has 4 aromatic rings. The Morgan fingerprint density at radius 3 is 2.29 bits per heavy atom. The van der Waals surface area contributed by atoms with Crippen LogP contribution in [0.4, 0.5) is 40.1 Å². The van der Waals surface area contributed by atoms with Gasteiger partial charge in [-0.15, -0.1) is 0 Å². The summed E-state index contributed by atoms with van der Waals surface area (Å²) < 4.78 is 48.9. The summed E-state index contributed by atoms with van der Waals surface area (Å²) >= 11 is 0. The third-order valence-electron chi connectivity index (χ3n) is 4.64. The second-order valence-electron chi connectivity index (χ2n) is 7.17. The van der Waals surface area contributed by atoms with Crippen molar-refractivity contribution in [3.8, 4) is 11.5 Å². The lowest BCUT2D eigenvalue weighted by Crippen LogP contribution is -2.19. The van der Waals surface area contributed by atoms with Crippen molar-refractivity contribution >= 4 is 40.5 Å². The van der Waals surface area contributed by atoms with Crippen LogP contribution in [-0.4, -0.2) is 29.2 Å². The highest BCUT2D eigenvalue weighted by molar-refractivity contribution is 5.99. The molecule has 4 rings (SSSR count). The van der Waals surface area contributed by atoms with E-state index in [-0.39, 0.29) is 11.6 Å². The number of halogens is 3. The number of hydrogen-bond donors (Lipinski definition) is 4. The fraction of sp³-hybridized carbons (Fsp3) is 0.0870. The van der Waals surface area contributed by atoms with Crippen LogP contribution in [0.15, 0.2) is 66.7 Å². The predicted octanol–water partition coefficient (Wildman–Crippen LogP) is 6.20. The van der Waals surface area contributed by atoms with Crippen molar-refractivity contribution in [2.45, 2.75) is 6.18 Å². The molecule has 1 aromatic heterocycles. The lowest BCUT2D eigenvalue weighted by atomic mass is 10.2. The van der Waals surface area contributed by atoms with Gasteiger partial charge in [0.05, 0.1) is 23.7 Å². The first-order valence-electron chi connectivity index (χ1n) is 10.1. The van der Waals surface area contributed by atoms with Crippen molar-refractivity contribution in [2.75, 3.05) is 23.1 Å². The minimum absolute atomic E-state index is 0.00177. The number of benzene rings is 3. The van der Waals surface area contributed by atoms with E-state index in [1.807, 2.05) is 0 Å². The van der Waals surface area contributed by atoms with E-state index in [0.717, 1.165) is 12.1 Å². The first-order valence-corrected chi connectivity index (χ1v) is 10.1. The highest BCUT2D eigenvalue weighted by Crippen LogP contribution is 2.31. The summed E-state index contributed by atoms with van der Waals surface area (Å²) in [5, 5.41) is 7.35. The topological polar surface area (TPSA) is 117 Å². The molecular formula is C23H18F3N5O4. The number of alkyl halides is 3. The number of amides is 3. The molecule has 9 nitrogen and oxygen atoms in total. The molecule has 0 bridgehead atoms. The summed E-state index contributed by atoms with van der Waals surface area (Å²) in [5.41, 5.74) is 0.678. The number of aromatic nitrogens is 2. The fourth-order valence-corrected chi connectivity index (χ4v) is 3.10. The molecule has 1 heterocycles. The summed E-state index contributed by atoms with van der Waals surface area (Å²) in [7, 11) is 1.24. The number of methoxy groups -OCH3 is 1. The second-order valence-corrected chi connectivity index (χ2v) is 7.17. The van der Waals surface area contributed by atoms with E-state index in [2.05, 4.69) is 30.7 Å². The molecule has 3 aromatic carbocycles. The molecule has 0 saturated heterocycles. The molecule has 12 heteroatoms. The Hall–Kier alpha value is -4.74. The van der Waals surface area contributed by atoms with Crippen molar-refractivity contribution in [2.24, 2.45) is 0 Å². The molecule has 3 amide bonds. The molecular weight excluding hydrogens is 467 g/mol. The van der Waals surface area contributed by atoms with Crippen LogP contribution in [0.3, 0.4) is 0 Å². The zero-order chi connectivity index (χ0) is 25.0. The average Bonchev–Trinajstić information content (AvgIpc) is 3.20. The van der Waals surface area contributed by atoms with E-state index in [4.69, 9.17) is 4.74 Å².